The number of carbonyl (C=O) groups excluding carboxylic acids is 1. The fraction of sp³-hybridized carbons (Fsp3) is 0.185. The molecule has 34 heavy (non-hydrogen) atoms. The zero-order valence-electron chi connectivity index (χ0n) is 19.2. The van der Waals surface area contributed by atoms with Crippen molar-refractivity contribution < 1.29 is 4.79 Å². The number of nitrogens with one attached hydrogen (secondary N) is 1. The highest BCUT2D eigenvalue weighted by Gasteiger charge is 2.22. The second-order valence-electron chi connectivity index (χ2n) is 8.01. The van der Waals surface area contributed by atoms with Crippen molar-refractivity contribution in [1.82, 2.24) is 15.2 Å². The molecule has 0 saturated heterocycles. The maximum atomic E-state index is 12.9. The Morgan fingerprint density at radius 1 is 0.882 bits per heavy atom. The topological polar surface area (TPSA) is 67.8 Å². The molecule has 4 aromatic rings. The van der Waals surface area contributed by atoms with Gasteiger partial charge in [0.05, 0.1) is 16.0 Å². The van der Waals surface area contributed by atoms with Gasteiger partial charge in [-0.15, -0.1) is 10.2 Å². The lowest BCUT2D eigenvalue weighted by atomic mass is 10.0. The van der Waals surface area contributed by atoms with Crippen LogP contribution in [-0.2, 0) is 4.79 Å². The van der Waals surface area contributed by atoms with Gasteiger partial charge >= 0.3 is 0 Å². The lowest BCUT2D eigenvalue weighted by Crippen LogP contribution is -2.25. The van der Waals surface area contributed by atoms with Gasteiger partial charge in [-0.25, -0.2) is 4.98 Å². The Bertz CT molecular complexity index is 1290. The van der Waals surface area contributed by atoms with Crippen LogP contribution in [0.5, 0.6) is 0 Å². The first-order valence-electron chi connectivity index (χ1n) is 11.1. The number of rotatable bonds is 7. The van der Waals surface area contributed by atoms with Crippen molar-refractivity contribution in [2.75, 3.05) is 5.32 Å². The first kappa shape index (κ1) is 23.9. The highest BCUT2D eigenvalue weighted by molar-refractivity contribution is 8.00. The number of thioether (sulfide) groups is 1. The molecule has 1 amide bonds. The zero-order valence-corrected chi connectivity index (χ0v) is 20.8. The molecule has 1 heterocycles. The first-order chi connectivity index (χ1) is 16.4. The predicted octanol–water partition coefficient (Wildman–Crippen LogP) is 6.99. The summed E-state index contributed by atoms with van der Waals surface area (Å²) in [7, 11) is 0. The summed E-state index contributed by atoms with van der Waals surface area (Å²) in [5.74, 6) is -0.149. The third kappa shape index (κ3) is 5.64. The quantitative estimate of drug-likeness (QED) is 0.284. The average molecular weight is 489 g/mol. The SMILES string of the molecule is CCC(Sc1nnc(-c2ccc(C)cc2)c(-c2ccc(C)cc2)n1)C(=O)Nc1ccccc1Cl. The monoisotopic (exact) mass is 488 g/mol. The molecule has 1 N–H and O–H groups in total. The van der Waals surface area contributed by atoms with Crippen LogP contribution in [0.1, 0.15) is 24.5 Å². The molecule has 7 heteroatoms. The molecule has 1 aromatic heterocycles. The smallest absolute Gasteiger partial charge is 0.238 e. The second kappa shape index (κ2) is 10.8. The Morgan fingerprint density at radius 2 is 1.47 bits per heavy atom. The average Bonchev–Trinajstić information content (AvgIpc) is 2.85. The molecule has 0 fully saturated rings. The number of aromatic nitrogens is 3. The molecule has 0 aliphatic heterocycles. The maximum absolute atomic E-state index is 12.9. The van der Waals surface area contributed by atoms with Crippen LogP contribution in [0.4, 0.5) is 5.69 Å². The van der Waals surface area contributed by atoms with Crippen LogP contribution in [0, 0.1) is 13.8 Å². The van der Waals surface area contributed by atoms with E-state index in [-0.39, 0.29) is 5.91 Å². The summed E-state index contributed by atoms with van der Waals surface area (Å²) < 4.78 is 0. The molecule has 1 atom stereocenters. The van der Waals surface area contributed by atoms with E-state index in [2.05, 4.69) is 27.6 Å². The molecule has 0 radical (unpaired) electrons. The zero-order chi connectivity index (χ0) is 24.1. The molecule has 5 nitrogen and oxygen atoms in total. The van der Waals surface area contributed by atoms with E-state index >= 15 is 0 Å². The lowest BCUT2D eigenvalue weighted by molar-refractivity contribution is -0.115. The molecule has 0 spiro atoms. The first-order valence-corrected chi connectivity index (χ1v) is 12.3. The number of para-hydroxylation sites is 1. The number of aryl methyl sites for hydroxylation is 2. The van der Waals surface area contributed by atoms with E-state index < -0.39 is 5.25 Å². The molecule has 0 bridgehead atoms. The Hall–Kier alpha value is -3.22. The van der Waals surface area contributed by atoms with Crippen molar-refractivity contribution in [3.8, 4) is 22.5 Å². The standard InChI is InChI=1S/C27H25ClN4OS/c1-4-23(26(33)29-22-8-6-5-7-21(22)28)34-27-30-24(19-13-9-17(2)10-14-19)25(31-32-27)20-15-11-18(3)12-16-20/h5-16,23H,4H2,1-3H3,(H,29,33). The van der Waals surface area contributed by atoms with Crippen LogP contribution >= 0.6 is 23.4 Å². The van der Waals surface area contributed by atoms with Crippen molar-refractivity contribution in [1.29, 1.82) is 0 Å². The molecule has 3 aromatic carbocycles. The number of anilines is 1. The van der Waals surface area contributed by atoms with Crippen LogP contribution < -0.4 is 5.32 Å². The van der Waals surface area contributed by atoms with Gasteiger partial charge in [0.2, 0.25) is 11.1 Å². The highest BCUT2D eigenvalue weighted by atomic mass is 35.5. The number of benzene rings is 3. The van der Waals surface area contributed by atoms with Crippen LogP contribution in [0.2, 0.25) is 5.02 Å². The van der Waals surface area contributed by atoms with Gasteiger partial charge in [-0.3, -0.25) is 4.79 Å². The normalized spacial score (nSPS) is 11.8. The summed E-state index contributed by atoms with van der Waals surface area (Å²) in [6, 6.07) is 23.5. The summed E-state index contributed by atoms with van der Waals surface area (Å²) in [5.41, 5.74) is 6.27. The molecule has 4 rings (SSSR count). The summed E-state index contributed by atoms with van der Waals surface area (Å²) in [4.78, 5) is 17.8. The largest absolute Gasteiger partial charge is 0.324 e. The van der Waals surface area contributed by atoms with Crippen molar-refractivity contribution in [3.05, 3.63) is 88.9 Å². The molecule has 1 unspecified atom stereocenters. The number of nitrogens with zero attached hydrogens (tertiary/aromatic N) is 3. The summed E-state index contributed by atoms with van der Waals surface area (Å²) >= 11 is 7.51. The van der Waals surface area contributed by atoms with Gasteiger partial charge in [0.25, 0.3) is 0 Å². The minimum atomic E-state index is -0.394. The fourth-order valence-electron chi connectivity index (χ4n) is 3.40. The van der Waals surface area contributed by atoms with Crippen LogP contribution in [0.3, 0.4) is 0 Å². The Morgan fingerprint density at radius 3 is 2.06 bits per heavy atom. The summed E-state index contributed by atoms with van der Waals surface area (Å²) in [6.45, 7) is 6.05. The van der Waals surface area contributed by atoms with Gasteiger partial charge in [-0.05, 0) is 32.4 Å². The van der Waals surface area contributed by atoms with Gasteiger partial charge < -0.3 is 5.32 Å². The minimum absolute atomic E-state index is 0.149. The summed E-state index contributed by atoms with van der Waals surface area (Å²) in [6.07, 6.45) is 0.601. The van der Waals surface area contributed by atoms with Gasteiger partial charge in [-0.1, -0.05) is 102 Å². The lowest BCUT2D eigenvalue weighted by Gasteiger charge is -2.15. The molecule has 0 aliphatic rings. The number of amides is 1. The molecular weight excluding hydrogens is 464 g/mol. The summed E-state index contributed by atoms with van der Waals surface area (Å²) in [5, 5.41) is 12.4. The number of halogens is 1. The number of hydrogen-bond acceptors (Lipinski definition) is 5. The van der Waals surface area contributed by atoms with Gasteiger partial charge in [0.1, 0.15) is 11.4 Å². The molecule has 172 valence electrons. The maximum Gasteiger partial charge on any atom is 0.238 e. The fourth-order valence-corrected chi connectivity index (χ4v) is 4.41. The minimum Gasteiger partial charge on any atom is -0.324 e. The second-order valence-corrected chi connectivity index (χ2v) is 9.58. The Kier molecular flexibility index (Phi) is 7.60. The van der Waals surface area contributed by atoms with E-state index in [0.717, 1.165) is 16.8 Å². The third-order valence-corrected chi connectivity index (χ3v) is 6.91. The number of hydrogen-bond donors (Lipinski definition) is 1. The van der Waals surface area contributed by atoms with Crippen LogP contribution in [0.25, 0.3) is 22.5 Å². The van der Waals surface area contributed by atoms with E-state index in [1.807, 2.05) is 69.3 Å². The van der Waals surface area contributed by atoms with Gasteiger partial charge in [0, 0.05) is 11.1 Å². The van der Waals surface area contributed by atoms with Crippen molar-refractivity contribution in [2.24, 2.45) is 0 Å². The highest BCUT2D eigenvalue weighted by Crippen LogP contribution is 2.32. The van der Waals surface area contributed by atoms with Crippen molar-refractivity contribution in [3.63, 3.8) is 0 Å². The van der Waals surface area contributed by atoms with Crippen LogP contribution in [-0.4, -0.2) is 26.3 Å². The van der Waals surface area contributed by atoms with E-state index in [4.69, 9.17) is 16.6 Å². The van der Waals surface area contributed by atoms with E-state index in [9.17, 15) is 4.79 Å². The van der Waals surface area contributed by atoms with E-state index in [1.54, 1.807) is 12.1 Å². The molecule has 0 saturated carbocycles. The van der Waals surface area contributed by atoms with Gasteiger partial charge in [0.15, 0.2) is 0 Å². The van der Waals surface area contributed by atoms with E-state index in [1.165, 1.54) is 22.9 Å². The number of carbonyl (C=O) groups is 1. The van der Waals surface area contributed by atoms with Crippen molar-refractivity contribution >= 4 is 35.0 Å². The molecular formula is C27H25ClN4OS. The van der Waals surface area contributed by atoms with Crippen molar-refractivity contribution in [2.45, 2.75) is 37.6 Å². The van der Waals surface area contributed by atoms with Gasteiger partial charge in [-0.2, -0.15) is 0 Å². The Balaban J connectivity index is 1.65. The molecule has 0 aliphatic carbocycles. The van der Waals surface area contributed by atoms with E-state index in [0.29, 0.717) is 28.0 Å². The Labute approximate surface area is 209 Å². The van der Waals surface area contributed by atoms with Crippen LogP contribution in [0.15, 0.2) is 78.0 Å². The predicted molar refractivity (Wildman–Crippen MR) is 140 cm³/mol. The third-order valence-electron chi connectivity index (χ3n) is 5.36.